The number of hydrogen-bond acceptors (Lipinski definition) is 5. The third-order valence-corrected chi connectivity index (χ3v) is 6.51. The van der Waals surface area contributed by atoms with Gasteiger partial charge in [0.1, 0.15) is 12.4 Å². The lowest BCUT2D eigenvalue weighted by Crippen LogP contribution is -2.19. The highest BCUT2D eigenvalue weighted by molar-refractivity contribution is 6.01. The van der Waals surface area contributed by atoms with Crippen LogP contribution in [0, 0.1) is 5.92 Å². The summed E-state index contributed by atoms with van der Waals surface area (Å²) >= 11 is 0. The Morgan fingerprint density at radius 1 is 1.12 bits per heavy atom. The monoisotopic (exact) mass is 448 g/mol. The lowest BCUT2D eigenvalue weighted by atomic mass is 9.82. The van der Waals surface area contributed by atoms with Crippen LogP contribution in [-0.2, 0) is 16.1 Å². The van der Waals surface area contributed by atoms with E-state index >= 15 is 0 Å². The molecule has 1 aromatic heterocycles. The molecule has 1 fully saturated rings. The number of nitrogens with zero attached hydrogens (tertiary/aromatic N) is 2. The van der Waals surface area contributed by atoms with Crippen molar-refractivity contribution in [3.63, 3.8) is 0 Å². The summed E-state index contributed by atoms with van der Waals surface area (Å²) < 4.78 is 5.51. The summed E-state index contributed by atoms with van der Waals surface area (Å²) in [6, 6.07) is 9.91. The van der Waals surface area contributed by atoms with Crippen molar-refractivity contribution in [3.8, 4) is 5.75 Å². The van der Waals surface area contributed by atoms with E-state index in [1.54, 1.807) is 6.20 Å². The predicted molar refractivity (Wildman–Crippen MR) is 128 cm³/mol. The molecule has 174 valence electrons. The molecule has 2 aromatic rings. The highest BCUT2D eigenvalue weighted by Crippen LogP contribution is 2.37. The van der Waals surface area contributed by atoms with Crippen LogP contribution in [0.2, 0.25) is 0 Å². The van der Waals surface area contributed by atoms with Crippen molar-refractivity contribution in [2.75, 3.05) is 13.2 Å². The molecule has 1 saturated carbocycles. The number of ether oxygens (including phenoxy) is 1. The van der Waals surface area contributed by atoms with Gasteiger partial charge in [0, 0.05) is 29.8 Å². The molecule has 0 radical (unpaired) electrons. The highest BCUT2D eigenvalue weighted by atomic mass is 16.6. The second-order valence-electron chi connectivity index (χ2n) is 8.78. The Kier molecular flexibility index (Phi) is 8.12. The zero-order chi connectivity index (χ0) is 22.9. The Bertz CT molecular complexity index is 981. The first kappa shape index (κ1) is 23.0. The minimum Gasteiger partial charge on any atom is -0.482 e. The van der Waals surface area contributed by atoms with Gasteiger partial charge < -0.3 is 14.7 Å². The molecule has 0 aliphatic heterocycles. The van der Waals surface area contributed by atoms with Crippen LogP contribution >= 0.6 is 0 Å². The van der Waals surface area contributed by atoms with Crippen LogP contribution in [0.15, 0.2) is 60.0 Å². The number of carboxylic acid groups (broad SMARTS) is 1. The molecule has 2 aliphatic rings. The second kappa shape index (κ2) is 11.6. The summed E-state index contributed by atoms with van der Waals surface area (Å²) in [7, 11) is 0. The van der Waals surface area contributed by atoms with E-state index in [1.807, 2.05) is 30.5 Å². The van der Waals surface area contributed by atoms with Gasteiger partial charge in [-0.15, -0.1) is 0 Å². The number of fused-ring (bicyclic) bond motifs is 1. The van der Waals surface area contributed by atoms with Crippen molar-refractivity contribution >= 4 is 11.7 Å². The van der Waals surface area contributed by atoms with Crippen molar-refractivity contribution in [2.24, 2.45) is 11.1 Å². The molecule has 0 amide bonds. The molecule has 4 rings (SSSR count). The summed E-state index contributed by atoms with van der Waals surface area (Å²) in [5.41, 5.74) is 4.39. The molecule has 1 unspecified atom stereocenters. The summed E-state index contributed by atoms with van der Waals surface area (Å²) in [5.74, 6) is 0.422. The van der Waals surface area contributed by atoms with E-state index in [1.165, 1.54) is 24.8 Å². The van der Waals surface area contributed by atoms with E-state index in [0.29, 0.717) is 18.3 Å². The molecule has 33 heavy (non-hydrogen) atoms. The van der Waals surface area contributed by atoms with Crippen LogP contribution < -0.4 is 4.74 Å². The molecule has 1 atom stereocenters. The number of aromatic nitrogens is 1. The highest BCUT2D eigenvalue weighted by Gasteiger charge is 2.22. The van der Waals surface area contributed by atoms with Gasteiger partial charge in [-0.1, -0.05) is 42.6 Å². The molecule has 2 aliphatic carbocycles. The van der Waals surface area contributed by atoms with E-state index in [9.17, 15) is 4.79 Å². The Morgan fingerprint density at radius 2 is 2.00 bits per heavy atom. The smallest absolute Gasteiger partial charge is 0.341 e. The number of hydrogen-bond donors (Lipinski definition) is 1. The molecular weight excluding hydrogens is 416 g/mol. The van der Waals surface area contributed by atoms with E-state index in [-0.39, 0.29) is 12.5 Å². The van der Waals surface area contributed by atoms with Gasteiger partial charge in [0.05, 0.1) is 5.71 Å². The zero-order valence-corrected chi connectivity index (χ0v) is 19.0. The minimum absolute atomic E-state index is 0.269. The SMILES string of the molecule is O=C(O)COc1cccc2c1CCCC2C=CCON=C(c1cccnc1)C1CCCCC1. The van der Waals surface area contributed by atoms with Gasteiger partial charge in [0.25, 0.3) is 0 Å². The molecule has 6 heteroatoms. The minimum atomic E-state index is -0.962. The molecule has 6 nitrogen and oxygen atoms in total. The molecule has 1 aromatic carbocycles. The fourth-order valence-corrected chi connectivity index (χ4v) is 4.95. The van der Waals surface area contributed by atoms with Gasteiger partial charge in [-0.25, -0.2) is 4.79 Å². The van der Waals surface area contributed by atoms with Crippen LogP contribution in [-0.4, -0.2) is 35.0 Å². The number of carbonyl (C=O) groups is 1. The number of oxime groups is 1. The lowest BCUT2D eigenvalue weighted by molar-refractivity contribution is -0.139. The predicted octanol–water partition coefficient (Wildman–Crippen LogP) is 5.52. The number of aliphatic carboxylic acids is 1. The van der Waals surface area contributed by atoms with Gasteiger partial charge in [-0.2, -0.15) is 0 Å². The molecule has 0 bridgehead atoms. The van der Waals surface area contributed by atoms with Crippen molar-refractivity contribution in [1.29, 1.82) is 0 Å². The molecular formula is C27H32N2O4. The van der Waals surface area contributed by atoms with Gasteiger partial charge >= 0.3 is 5.97 Å². The second-order valence-corrected chi connectivity index (χ2v) is 8.78. The first-order chi connectivity index (χ1) is 16.2. The maximum absolute atomic E-state index is 10.9. The molecule has 1 heterocycles. The number of allylic oxidation sites excluding steroid dienone is 1. The van der Waals surface area contributed by atoms with Gasteiger partial charge in [0.2, 0.25) is 0 Å². The van der Waals surface area contributed by atoms with Crippen molar-refractivity contribution < 1.29 is 19.5 Å². The molecule has 0 saturated heterocycles. The summed E-state index contributed by atoms with van der Waals surface area (Å²) in [5, 5.41) is 13.5. The van der Waals surface area contributed by atoms with Crippen LogP contribution in [0.4, 0.5) is 0 Å². The lowest BCUT2D eigenvalue weighted by Gasteiger charge is -2.25. The van der Waals surface area contributed by atoms with Crippen LogP contribution in [0.1, 0.15) is 67.6 Å². The topological polar surface area (TPSA) is 81.0 Å². The van der Waals surface area contributed by atoms with Gasteiger partial charge in [-0.05, 0) is 67.5 Å². The third-order valence-electron chi connectivity index (χ3n) is 6.51. The third kappa shape index (κ3) is 6.21. The largest absolute Gasteiger partial charge is 0.482 e. The molecule has 0 spiro atoms. The fourth-order valence-electron chi connectivity index (χ4n) is 4.95. The standard InChI is InChI=1S/C27H32N2O4/c30-26(31)19-32-25-15-5-13-23-20(10-4-14-24(23)25)12-7-17-33-29-27(21-8-2-1-3-9-21)22-11-6-16-28-18-22/h5-7,11-13,15-16,18,20-21H,1-4,8-10,14,17,19H2,(H,30,31). The first-order valence-electron chi connectivity index (χ1n) is 12.0. The Hall–Kier alpha value is -3.15. The normalized spacial score (nSPS) is 19.3. The number of carboxylic acids is 1. The summed E-state index contributed by atoms with van der Waals surface area (Å²) in [4.78, 5) is 20.9. The fraction of sp³-hybridized carbons (Fsp3) is 0.444. The number of benzene rings is 1. The van der Waals surface area contributed by atoms with Crippen LogP contribution in [0.5, 0.6) is 5.75 Å². The van der Waals surface area contributed by atoms with Crippen molar-refractivity contribution in [3.05, 3.63) is 71.6 Å². The maximum atomic E-state index is 10.9. The van der Waals surface area contributed by atoms with Gasteiger partial charge in [-0.3, -0.25) is 4.98 Å². The Balaban J connectivity index is 1.41. The zero-order valence-electron chi connectivity index (χ0n) is 19.0. The average molecular weight is 449 g/mol. The number of rotatable bonds is 9. The number of pyridine rings is 1. The van der Waals surface area contributed by atoms with Crippen LogP contribution in [0.3, 0.4) is 0 Å². The maximum Gasteiger partial charge on any atom is 0.341 e. The first-order valence-corrected chi connectivity index (χ1v) is 12.0. The van der Waals surface area contributed by atoms with Crippen molar-refractivity contribution in [1.82, 2.24) is 4.98 Å². The quantitative estimate of drug-likeness (QED) is 0.236. The Labute approximate surface area is 195 Å². The van der Waals surface area contributed by atoms with E-state index in [2.05, 4.69) is 28.3 Å². The summed E-state index contributed by atoms with van der Waals surface area (Å²) in [6.07, 6.45) is 17.0. The average Bonchev–Trinajstić information content (AvgIpc) is 2.86. The van der Waals surface area contributed by atoms with E-state index in [4.69, 9.17) is 14.7 Å². The van der Waals surface area contributed by atoms with Gasteiger partial charge in [0.15, 0.2) is 6.61 Å². The van der Waals surface area contributed by atoms with E-state index < -0.39 is 5.97 Å². The molecule has 1 N–H and O–H groups in total. The van der Waals surface area contributed by atoms with Crippen molar-refractivity contribution in [2.45, 2.75) is 57.3 Å². The van der Waals surface area contributed by atoms with Crippen LogP contribution in [0.25, 0.3) is 0 Å². The summed E-state index contributed by atoms with van der Waals surface area (Å²) in [6.45, 7) is 0.0978. The van der Waals surface area contributed by atoms with E-state index in [0.717, 1.165) is 48.9 Å². The Morgan fingerprint density at radius 3 is 2.79 bits per heavy atom.